The first-order chi connectivity index (χ1) is 9.45. The fraction of sp³-hybridized carbons (Fsp3) is 0.286. The Morgan fingerprint density at radius 1 is 1.50 bits per heavy atom. The second kappa shape index (κ2) is 7.53. The number of benzene rings is 1. The quantitative estimate of drug-likeness (QED) is 0.713. The molecule has 5 nitrogen and oxygen atoms in total. The normalized spacial score (nSPS) is 11.2. The average molecular weight is 295 g/mol. The molecule has 0 aliphatic rings. The van der Waals surface area contributed by atoms with Crippen LogP contribution in [0.1, 0.15) is 29.3 Å². The van der Waals surface area contributed by atoms with Crippen LogP contribution < -0.4 is 11.1 Å². The van der Waals surface area contributed by atoms with Gasteiger partial charge in [0.25, 0.3) is 5.91 Å². The third kappa shape index (κ3) is 4.57. The van der Waals surface area contributed by atoms with Gasteiger partial charge in [-0.1, -0.05) is 23.4 Å². The first-order valence-corrected chi connectivity index (χ1v) is 6.33. The predicted molar refractivity (Wildman–Crippen MR) is 76.2 cm³/mol. The SMILES string of the molecule is CC(NC(=O)c1ccc(C#CCCO)c(Cl)c1)C(N)=O. The van der Waals surface area contributed by atoms with Crippen molar-refractivity contribution >= 4 is 23.4 Å². The number of carbonyl (C=O) groups excluding carboxylic acids is 2. The Morgan fingerprint density at radius 3 is 2.75 bits per heavy atom. The fourth-order valence-electron chi connectivity index (χ4n) is 1.32. The maximum Gasteiger partial charge on any atom is 0.251 e. The van der Waals surface area contributed by atoms with E-state index in [-0.39, 0.29) is 6.61 Å². The lowest BCUT2D eigenvalue weighted by Crippen LogP contribution is -2.42. The Balaban J connectivity index is 2.85. The van der Waals surface area contributed by atoms with Crippen LogP contribution in [0.3, 0.4) is 0 Å². The predicted octanol–water partition coefficient (Wildman–Crippen LogP) is 0.678. The van der Waals surface area contributed by atoms with E-state index in [0.717, 1.165) is 0 Å². The van der Waals surface area contributed by atoms with Gasteiger partial charge in [-0.05, 0) is 25.1 Å². The number of halogens is 1. The Hall–Kier alpha value is -2.03. The van der Waals surface area contributed by atoms with Gasteiger partial charge in [0.15, 0.2) is 0 Å². The molecule has 0 saturated carbocycles. The molecule has 2 amide bonds. The minimum absolute atomic E-state index is 0.0177. The number of aliphatic hydroxyl groups excluding tert-OH is 1. The highest BCUT2D eigenvalue weighted by atomic mass is 35.5. The molecule has 0 saturated heterocycles. The summed E-state index contributed by atoms with van der Waals surface area (Å²) in [7, 11) is 0. The summed E-state index contributed by atoms with van der Waals surface area (Å²) in [5.74, 6) is 4.48. The summed E-state index contributed by atoms with van der Waals surface area (Å²) in [6.45, 7) is 1.48. The first kappa shape index (κ1) is 16.0. The Labute approximate surface area is 122 Å². The number of primary amides is 1. The second-order valence-electron chi connectivity index (χ2n) is 4.07. The van der Waals surface area contributed by atoms with E-state index in [1.54, 1.807) is 12.1 Å². The minimum atomic E-state index is -0.759. The first-order valence-electron chi connectivity index (χ1n) is 5.95. The van der Waals surface area contributed by atoms with Gasteiger partial charge in [0.1, 0.15) is 6.04 Å². The molecule has 0 aliphatic heterocycles. The highest BCUT2D eigenvalue weighted by Gasteiger charge is 2.14. The molecule has 4 N–H and O–H groups in total. The number of carbonyl (C=O) groups is 2. The number of nitrogens with two attached hydrogens (primary N) is 1. The van der Waals surface area contributed by atoms with Gasteiger partial charge in [-0.2, -0.15) is 0 Å². The molecule has 1 unspecified atom stereocenters. The van der Waals surface area contributed by atoms with Crippen molar-refractivity contribution < 1.29 is 14.7 Å². The summed E-state index contributed by atoms with van der Waals surface area (Å²) in [6, 6.07) is 3.87. The molecule has 0 aliphatic carbocycles. The molecule has 0 fully saturated rings. The van der Waals surface area contributed by atoms with Crippen molar-refractivity contribution in [2.75, 3.05) is 6.61 Å². The summed E-state index contributed by atoms with van der Waals surface area (Å²) in [4.78, 5) is 22.7. The van der Waals surface area contributed by atoms with Crippen LogP contribution in [0.2, 0.25) is 5.02 Å². The molecule has 0 bridgehead atoms. The van der Waals surface area contributed by atoms with Crippen molar-refractivity contribution in [3.05, 3.63) is 34.3 Å². The number of aliphatic hydroxyl groups is 1. The number of hydrogen-bond acceptors (Lipinski definition) is 3. The van der Waals surface area contributed by atoms with Crippen LogP contribution in [0.4, 0.5) is 0 Å². The topological polar surface area (TPSA) is 92.4 Å². The third-order valence-corrected chi connectivity index (χ3v) is 2.78. The summed E-state index contributed by atoms with van der Waals surface area (Å²) in [6.07, 6.45) is 0.356. The standard InChI is InChI=1S/C14H15ClN2O3/c1-9(13(16)19)17-14(20)11-6-5-10(12(15)8-11)4-2-3-7-18/h5-6,8-9,18H,3,7H2,1H3,(H2,16,19)(H,17,20). The Kier molecular flexibility index (Phi) is 6.04. The van der Waals surface area contributed by atoms with Gasteiger partial charge >= 0.3 is 0 Å². The van der Waals surface area contributed by atoms with Crippen LogP contribution in [0.5, 0.6) is 0 Å². The minimum Gasteiger partial charge on any atom is -0.395 e. The van der Waals surface area contributed by atoms with E-state index in [0.29, 0.717) is 22.6 Å². The lowest BCUT2D eigenvalue weighted by Gasteiger charge is -2.10. The molecule has 20 heavy (non-hydrogen) atoms. The van der Waals surface area contributed by atoms with Crippen molar-refractivity contribution in [3.63, 3.8) is 0 Å². The summed E-state index contributed by atoms with van der Waals surface area (Å²) in [5, 5.41) is 11.4. The van der Waals surface area contributed by atoms with E-state index in [1.165, 1.54) is 13.0 Å². The van der Waals surface area contributed by atoms with Gasteiger partial charge in [0.05, 0.1) is 11.6 Å². The van der Waals surface area contributed by atoms with Crippen molar-refractivity contribution in [2.45, 2.75) is 19.4 Å². The molecule has 0 aromatic heterocycles. The van der Waals surface area contributed by atoms with Crippen molar-refractivity contribution in [1.82, 2.24) is 5.32 Å². The van der Waals surface area contributed by atoms with E-state index in [4.69, 9.17) is 22.4 Å². The highest BCUT2D eigenvalue weighted by Crippen LogP contribution is 2.17. The van der Waals surface area contributed by atoms with Gasteiger partial charge in [0.2, 0.25) is 5.91 Å². The number of hydrogen-bond donors (Lipinski definition) is 3. The zero-order valence-corrected chi connectivity index (χ0v) is 11.7. The van der Waals surface area contributed by atoms with Crippen LogP contribution in [0.25, 0.3) is 0 Å². The van der Waals surface area contributed by atoms with Gasteiger partial charge in [0, 0.05) is 17.5 Å². The molecule has 6 heteroatoms. The maximum atomic E-state index is 11.8. The molecule has 0 heterocycles. The van der Waals surface area contributed by atoms with Gasteiger partial charge in [-0.3, -0.25) is 9.59 Å². The van der Waals surface area contributed by atoms with Crippen LogP contribution in [0.15, 0.2) is 18.2 Å². The van der Waals surface area contributed by atoms with Crippen molar-refractivity contribution in [1.29, 1.82) is 0 Å². The summed E-state index contributed by atoms with van der Waals surface area (Å²) in [5.41, 5.74) is 5.95. The van der Waals surface area contributed by atoms with Crippen molar-refractivity contribution in [3.8, 4) is 11.8 Å². The van der Waals surface area contributed by atoms with E-state index >= 15 is 0 Å². The van der Waals surface area contributed by atoms with E-state index in [9.17, 15) is 9.59 Å². The van der Waals surface area contributed by atoms with Crippen LogP contribution in [-0.4, -0.2) is 29.6 Å². The highest BCUT2D eigenvalue weighted by molar-refractivity contribution is 6.32. The molecule has 1 aromatic carbocycles. The van der Waals surface area contributed by atoms with E-state index < -0.39 is 17.9 Å². The lowest BCUT2D eigenvalue weighted by molar-refractivity contribution is -0.119. The Morgan fingerprint density at radius 2 is 2.20 bits per heavy atom. The molecule has 1 atom stereocenters. The zero-order chi connectivity index (χ0) is 15.1. The zero-order valence-electron chi connectivity index (χ0n) is 10.9. The van der Waals surface area contributed by atoms with E-state index in [2.05, 4.69) is 17.2 Å². The largest absolute Gasteiger partial charge is 0.395 e. The number of nitrogens with one attached hydrogen (secondary N) is 1. The molecule has 1 rings (SSSR count). The Bertz CT molecular complexity index is 576. The number of rotatable bonds is 4. The van der Waals surface area contributed by atoms with Crippen LogP contribution in [0, 0.1) is 11.8 Å². The van der Waals surface area contributed by atoms with E-state index in [1.807, 2.05) is 0 Å². The number of amides is 2. The molecule has 0 spiro atoms. The monoisotopic (exact) mass is 294 g/mol. The molecule has 0 radical (unpaired) electrons. The lowest BCUT2D eigenvalue weighted by atomic mass is 10.1. The summed E-state index contributed by atoms with van der Waals surface area (Å²) >= 11 is 6.01. The molecule has 1 aromatic rings. The van der Waals surface area contributed by atoms with Crippen LogP contribution in [-0.2, 0) is 4.79 Å². The fourth-order valence-corrected chi connectivity index (χ4v) is 1.55. The average Bonchev–Trinajstić information content (AvgIpc) is 2.40. The maximum absolute atomic E-state index is 11.8. The smallest absolute Gasteiger partial charge is 0.251 e. The van der Waals surface area contributed by atoms with Crippen molar-refractivity contribution in [2.24, 2.45) is 5.73 Å². The molecule has 106 valence electrons. The third-order valence-electron chi connectivity index (χ3n) is 2.47. The van der Waals surface area contributed by atoms with Gasteiger partial charge in [-0.25, -0.2) is 0 Å². The molecular weight excluding hydrogens is 280 g/mol. The summed E-state index contributed by atoms with van der Waals surface area (Å²) < 4.78 is 0. The molecular formula is C14H15ClN2O3. The van der Waals surface area contributed by atoms with Gasteiger partial charge < -0.3 is 16.2 Å². The van der Waals surface area contributed by atoms with Crippen LogP contribution >= 0.6 is 11.6 Å². The second-order valence-corrected chi connectivity index (χ2v) is 4.47. The van der Waals surface area contributed by atoms with Gasteiger partial charge in [-0.15, -0.1) is 0 Å².